The van der Waals surface area contributed by atoms with Crippen molar-refractivity contribution in [2.24, 2.45) is 5.92 Å². The minimum absolute atomic E-state index is 0.148. The molecule has 1 amide bonds. The summed E-state index contributed by atoms with van der Waals surface area (Å²) in [5.41, 5.74) is 1.12. The number of nitrogens with zero attached hydrogens (tertiary/aromatic N) is 6. The Bertz CT molecular complexity index is 654. The maximum Gasteiger partial charge on any atom is 0.274 e. The molecule has 1 unspecified atom stereocenters. The van der Waals surface area contributed by atoms with Gasteiger partial charge in [0, 0.05) is 32.3 Å². The molecule has 3 rings (SSSR count). The van der Waals surface area contributed by atoms with Gasteiger partial charge in [-0.05, 0) is 6.92 Å². The Morgan fingerprint density at radius 1 is 1.32 bits per heavy atom. The van der Waals surface area contributed by atoms with Gasteiger partial charge < -0.3 is 9.64 Å². The molecule has 0 bridgehead atoms. The second kappa shape index (κ2) is 6.18. The number of ether oxygens (including phenoxy) is 1. The monoisotopic (exact) mass is 302 g/mol. The molecule has 22 heavy (non-hydrogen) atoms. The highest BCUT2D eigenvalue weighted by Gasteiger charge is 2.27. The summed E-state index contributed by atoms with van der Waals surface area (Å²) in [4.78, 5) is 26.9. The van der Waals surface area contributed by atoms with Crippen LogP contribution in [0.25, 0.3) is 0 Å². The van der Waals surface area contributed by atoms with Crippen LogP contribution in [0.3, 0.4) is 0 Å². The highest BCUT2D eigenvalue weighted by Crippen LogP contribution is 2.16. The van der Waals surface area contributed by atoms with Crippen LogP contribution < -0.4 is 0 Å². The first-order valence-corrected chi connectivity index (χ1v) is 7.11. The Morgan fingerprint density at radius 3 is 2.91 bits per heavy atom. The first-order valence-electron chi connectivity index (χ1n) is 7.11. The van der Waals surface area contributed by atoms with Crippen LogP contribution in [0.4, 0.5) is 0 Å². The Labute approximate surface area is 128 Å². The summed E-state index contributed by atoms with van der Waals surface area (Å²) in [5.74, 6) is 0.785. The van der Waals surface area contributed by atoms with E-state index in [0.717, 1.165) is 11.5 Å². The standard InChI is InChI=1S/C14H18N6O2/c1-10-3-16-12(4-15-10)14(21)19-5-11(8-22-2)6-20-13(7-19)17-9-18-20/h3-4,9,11H,5-8H2,1-2H3. The van der Waals surface area contributed by atoms with Gasteiger partial charge in [0.2, 0.25) is 0 Å². The van der Waals surface area contributed by atoms with E-state index in [4.69, 9.17) is 4.74 Å². The molecule has 1 aliphatic rings. The van der Waals surface area contributed by atoms with E-state index in [9.17, 15) is 4.79 Å². The number of fused-ring (bicyclic) bond motifs is 1. The smallest absolute Gasteiger partial charge is 0.274 e. The first-order chi connectivity index (χ1) is 10.7. The Hall–Kier alpha value is -2.35. The lowest BCUT2D eigenvalue weighted by Gasteiger charge is -2.23. The third kappa shape index (κ3) is 2.96. The van der Waals surface area contributed by atoms with Crippen molar-refractivity contribution in [1.82, 2.24) is 29.6 Å². The summed E-state index contributed by atoms with van der Waals surface area (Å²) in [6.07, 6.45) is 4.62. The fourth-order valence-corrected chi connectivity index (χ4v) is 2.57. The normalized spacial score (nSPS) is 17.9. The number of hydrogen-bond donors (Lipinski definition) is 0. The van der Waals surface area contributed by atoms with Gasteiger partial charge in [-0.15, -0.1) is 0 Å². The van der Waals surface area contributed by atoms with E-state index in [1.807, 2.05) is 11.6 Å². The van der Waals surface area contributed by atoms with E-state index >= 15 is 0 Å². The van der Waals surface area contributed by atoms with Gasteiger partial charge in [-0.1, -0.05) is 0 Å². The number of methoxy groups -OCH3 is 1. The quantitative estimate of drug-likeness (QED) is 0.810. The van der Waals surface area contributed by atoms with Gasteiger partial charge in [0.25, 0.3) is 5.91 Å². The molecule has 0 aromatic carbocycles. The second-order valence-corrected chi connectivity index (χ2v) is 5.41. The van der Waals surface area contributed by atoms with Crippen molar-refractivity contribution in [2.75, 3.05) is 20.3 Å². The summed E-state index contributed by atoms with van der Waals surface area (Å²) in [5, 5.41) is 4.21. The molecule has 0 aliphatic carbocycles. The van der Waals surface area contributed by atoms with E-state index in [2.05, 4.69) is 20.1 Å². The van der Waals surface area contributed by atoms with Crippen LogP contribution in [0.1, 0.15) is 22.0 Å². The predicted octanol–water partition coefficient (Wildman–Crippen LogP) is 0.295. The average Bonchev–Trinajstić information content (AvgIpc) is 2.86. The zero-order valence-corrected chi connectivity index (χ0v) is 12.6. The number of hydrogen-bond acceptors (Lipinski definition) is 6. The van der Waals surface area contributed by atoms with E-state index in [-0.39, 0.29) is 11.8 Å². The Balaban J connectivity index is 1.85. The summed E-state index contributed by atoms with van der Waals surface area (Å²) in [6, 6.07) is 0. The summed E-state index contributed by atoms with van der Waals surface area (Å²) in [7, 11) is 1.66. The molecule has 2 aromatic rings. The zero-order valence-electron chi connectivity index (χ0n) is 12.6. The lowest BCUT2D eigenvalue weighted by Crippen LogP contribution is -2.35. The fourth-order valence-electron chi connectivity index (χ4n) is 2.57. The first kappa shape index (κ1) is 14.6. The van der Waals surface area contributed by atoms with Crippen LogP contribution in [0.5, 0.6) is 0 Å². The van der Waals surface area contributed by atoms with Crippen LogP contribution in [0.15, 0.2) is 18.7 Å². The SMILES string of the molecule is COCC1CN(C(=O)c2cnc(C)cn2)Cc2ncnn2C1. The lowest BCUT2D eigenvalue weighted by molar-refractivity contribution is 0.0658. The molecular formula is C14H18N6O2. The summed E-state index contributed by atoms with van der Waals surface area (Å²) in [6.45, 7) is 4.07. The van der Waals surface area contributed by atoms with Crippen LogP contribution in [0, 0.1) is 12.8 Å². The fraction of sp³-hybridized carbons (Fsp3) is 0.500. The van der Waals surface area contributed by atoms with Crippen molar-refractivity contribution < 1.29 is 9.53 Å². The third-order valence-electron chi connectivity index (χ3n) is 3.63. The maximum absolute atomic E-state index is 12.7. The van der Waals surface area contributed by atoms with Crippen LogP contribution in [-0.4, -0.2) is 55.8 Å². The molecule has 1 aliphatic heterocycles. The number of aromatic nitrogens is 5. The van der Waals surface area contributed by atoms with Gasteiger partial charge in [0.1, 0.15) is 17.8 Å². The van der Waals surface area contributed by atoms with Crippen molar-refractivity contribution >= 4 is 5.91 Å². The van der Waals surface area contributed by atoms with E-state index < -0.39 is 0 Å². The number of aryl methyl sites for hydroxylation is 1. The van der Waals surface area contributed by atoms with E-state index in [1.165, 1.54) is 12.5 Å². The van der Waals surface area contributed by atoms with Crippen molar-refractivity contribution in [1.29, 1.82) is 0 Å². The molecule has 1 atom stereocenters. The minimum Gasteiger partial charge on any atom is -0.384 e. The second-order valence-electron chi connectivity index (χ2n) is 5.41. The molecule has 3 heterocycles. The lowest BCUT2D eigenvalue weighted by atomic mass is 10.1. The highest BCUT2D eigenvalue weighted by molar-refractivity contribution is 5.91. The third-order valence-corrected chi connectivity index (χ3v) is 3.63. The molecule has 116 valence electrons. The van der Waals surface area contributed by atoms with Crippen molar-refractivity contribution in [3.63, 3.8) is 0 Å². The topological polar surface area (TPSA) is 86.0 Å². The summed E-state index contributed by atoms with van der Waals surface area (Å²) < 4.78 is 7.08. The Kier molecular flexibility index (Phi) is 4.10. The number of rotatable bonds is 3. The Morgan fingerprint density at radius 2 is 2.18 bits per heavy atom. The van der Waals surface area contributed by atoms with Gasteiger partial charge in [-0.2, -0.15) is 5.10 Å². The molecular weight excluding hydrogens is 284 g/mol. The van der Waals surface area contributed by atoms with Crippen molar-refractivity contribution in [3.8, 4) is 0 Å². The van der Waals surface area contributed by atoms with Crippen LogP contribution in [0.2, 0.25) is 0 Å². The number of carbonyl (C=O) groups excluding carboxylic acids is 1. The average molecular weight is 302 g/mol. The zero-order chi connectivity index (χ0) is 15.5. The number of amides is 1. The van der Waals surface area contributed by atoms with Crippen LogP contribution >= 0.6 is 0 Å². The van der Waals surface area contributed by atoms with Gasteiger partial charge in [-0.3, -0.25) is 9.78 Å². The summed E-state index contributed by atoms with van der Waals surface area (Å²) >= 11 is 0. The molecule has 0 N–H and O–H groups in total. The molecule has 0 spiro atoms. The molecule has 8 nitrogen and oxygen atoms in total. The maximum atomic E-state index is 12.7. The molecule has 0 saturated carbocycles. The number of carbonyl (C=O) groups is 1. The molecule has 2 aromatic heterocycles. The van der Waals surface area contributed by atoms with Gasteiger partial charge in [0.15, 0.2) is 0 Å². The van der Waals surface area contributed by atoms with Crippen molar-refractivity contribution in [2.45, 2.75) is 20.0 Å². The largest absolute Gasteiger partial charge is 0.384 e. The molecule has 8 heteroatoms. The predicted molar refractivity (Wildman–Crippen MR) is 76.9 cm³/mol. The van der Waals surface area contributed by atoms with Crippen molar-refractivity contribution in [3.05, 3.63) is 35.9 Å². The van der Waals surface area contributed by atoms with Crippen LogP contribution in [-0.2, 0) is 17.8 Å². The van der Waals surface area contributed by atoms with Gasteiger partial charge >= 0.3 is 0 Å². The van der Waals surface area contributed by atoms with Gasteiger partial charge in [-0.25, -0.2) is 14.6 Å². The van der Waals surface area contributed by atoms with E-state index in [1.54, 1.807) is 18.2 Å². The highest BCUT2D eigenvalue weighted by atomic mass is 16.5. The van der Waals surface area contributed by atoms with E-state index in [0.29, 0.717) is 31.9 Å². The molecule has 0 saturated heterocycles. The van der Waals surface area contributed by atoms with Gasteiger partial charge in [0.05, 0.1) is 25.0 Å². The molecule has 0 fully saturated rings. The molecule has 0 radical (unpaired) electrons. The minimum atomic E-state index is -0.148.